The number of anilines is 1. The van der Waals surface area contributed by atoms with E-state index in [-0.39, 0.29) is 0 Å². The Morgan fingerprint density at radius 2 is 1.83 bits per heavy atom. The monoisotopic (exact) mass is 328 g/mol. The molecular formula is C18H24N4S. The van der Waals surface area contributed by atoms with Gasteiger partial charge in [-0.1, -0.05) is 30.0 Å². The second-order valence-electron chi connectivity index (χ2n) is 5.98. The van der Waals surface area contributed by atoms with Crippen LogP contribution < -0.4 is 4.90 Å². The number of para-hydroxylation sites is 1. The zero-order valence-electron chi connectivity index (χ0n) is 13.9. The largest absolute Gasteiger partial charge is 0.370 e. The third-order valence-corrected chi connectivity index (χ3v) is 4.89. The third kappa shape index (κ3) is 4.24. The van der Waals surface area contributed by atoms with E-state index in [1.807, 2.05) is 18.6 Å². The molecule has 2 aromatic rings. The van der Waals surface area contributed by atoms with Crippen LogP contribution in [-0.4, -0.2) is 47.3 Å². The lowest BCUT2D eigenvalue weighted by molar-refractivity contribution is 0.284. The minimum absolute atomic E-state index is 0.843. The lowest BCUT2D eigenvalue weighted by Gasteiger charge is -2.25. The molecule has 0 saturated carbocycles. The average molecular weight is 328 g/mol. The highest BCUT2D eigenvalue weighted by Gasteiger charge is 2.16. The number of thioether (sulfide) groups is 1. The Morgan fingerprint density at radius 3 is 2.57 bits per heavy atom. The minimum Gasteiger partial charge on any atom is -0.370 e. The zero-order chi connectivity index (χ0) is 16.1. The highest BCUT2D eigenvalue weighted by Crippen LogP contribution is 2.21. The Balaban J connectivity index is 1.61. The highest BCUT2D eigenvalue weighted by atomic mass is 32.2. The maximum Gasteiger partial charge on any atom is 0.187 e. The van der Waals surface area contributed by atoms with E-state index in [2.05, 4.69) is 51.0 Å². The first-order valence-electron chi connectivity index (χ1n) is 8.14. The predicted octanol–water partition coefficient (Wildman–Crippen LogP) is 3.22. The molecule has 1 aromatic carbocycles. The second-order valence-corrected chi connectivity index (χ2v) is 6.75. The summed E-state index contributed by atoms with van der Waals surface area (Å²) in [5, 5.41) is 0.843. The first kappa shape index (κ1) is 16.3. The van der Waals surface area contributed by atoms with Crippen molar-refractivity contribution in [3.63, 3.8) is 0 Å². The maximum absolute atomic E-state index is 4.38. The summed E-state index contributed by atoms with van der Waals surface area (Å²) in [5.74, 6) is 0. The van der Waals surface area contributed by atoms with Crippen LogP contribution in [0.1, 0.15) is 17.5 Å². The van der Waals surface area contributed by atoms with Gasteiger partial charge in [-0.25, -0.2) is 9.97 Å². The van der Waals surface area contributed by atoms with Crippen molar-refractivity contribution in [1.82, 2.24) is 14.9 Å². The molecule has 0 unspecified atom stereocenters. The molecule has 1 fully saturated rings. The van der Waals surface area contributed by atoms with Gasteiger partial charge in [0, 0.05) is 56.4 Å². The van der Waals surface area contributed by atoms with E-state index >= 15 is 0 Å². The van der Waals surface area contributed by atoms with Crippen molar-refractivity contribution in [2.75, 3.05) is 37.3 Å². The summed E-state index contributed by atoms with van der Waals surface area (Å²) in [6.07, 6.45) is 7.12. The summed E-state index contributed by atoms with van der Waals surface area (Å²) >= 11 is 1.58. The van der Waals surface area contributed by atoms with Gasteiger partial charge in [-0.3, -0.25) is 4.90 Å². The van der Waals surface area contributed by atoms with Crippen molar-refractivity contribution >= 4 is 17.4 Å². The van der Waals surface area contributed by atoms with E-state index in [1.54, 1.807) is 11.8 Å². The molecular weight excluding hydrogens is 304 g/mol. The smallest absolute Gasteiger partial charge is 0.187 e. The standard InChI is InChI=1S/C18H24N4S/c1-15-6-3-4-7-17(15)22-9-5-8-21(10-11-22)14-16-12-19-18(23-2)20-13-16/h3-4,6-7,12-13H,5,8-11,14H2,1-2H3. The summed E-state index contributed by atoms with van der Waals surface area (Å²) in [7, 11) is 0. The summed E-state index contributed by atoms with van der Waals surface area (Å²) in [4.78, 5) is 13.8. The lowest BCUT2D eigenvalue weighted by Crippen LogP contribution is -2.30. The highest BCUT2D eigenvalue weighted by molar-refractivity contribution is 7.98. The van der Waals surface area contributed by atoms with E-state index < -0.39 is 0 Å². The topological polar surface area (TPSA) is 32.3 Å². The van der Waals surface area contributed by atoms with Gasteiger partial charge < -0.3 is 4.90 Å². The molecule has 1 aliphatic heterocycles. The summed E-state index contributed by atoms with van der Waals surface area (Å²) in [6.45, 7) is 7.56. The van der Waals surface area contributed by atoms with Crippen molar-refractivity contribution in [3.8, 4) is 0 Å². The van der Waals surface area contributed by atoms with Gasteiger partial charge in [0.2, 0.25) is 0 Å². The molecule has 0 N–H and O–H groups in total. The number of hydrogen-bond acceptors (Lipinski definition) is 5. The van der Waals surface area contributed by atoms with Crippen LogP contribution in [0.4, 0.5) is 5.69 Å². The number of nitrogens with zero attached hydrogens (tertiary/aromatic N) is 4. The van der Waals surface area contributed by atoms with E-state index in [9.17, 15) is 0 Å². The third-order valence-electron chi connectivity index (χ3n) is 4.32. The molecule has 23 heavy (non-hydrogen) atoms. The van der Waals surface area contributed by atoms with E-state index in [0.717, 1.165) is 37.9 Å². The molecule has 1 aromatic heterocycles. The van der Waals surface area contributed by atoms with Crippen LogP contribution in [0.25, 0.3) is 0 Å². The van der Waals surface area contributed by atoms with Crippen molar-refractivity contribution in [1.29, 1.82) is 0 Å². The van der Waals surface area contributed by atoms with E-state index in [1.165, 1.54) is 23.2 Å². The molecule has 0 atom stereocenters. The Morgan fingerprint density at radius 1 is 1.04 bits per heavy atom. The molecule has 0 aliphatic carbocycles. The molecule has 2 heterocycles. The number of hydrogen-bond donors (Lipinski definition) is 0. The van der Waals surface area contributed by atoms with Gasteiger partial charge >= 0.3 is 0 Å². The van der Waals surface area contributed by atoms with Crippen LogP contribution in [0.15, 0.2) is 41.8 Å². The van der Waals surface area contributed by atoms with Crippen molar-refractivity contribution < 1.29 is 0 Å². The number of aryl methyl sites for hydroxylation is 1. The Kier molecular flexibility index (Phi) is 5.51. The first-order valence-corrected chi connectivity index (χ1v) is 9.36. The molecule has 0 amide bonds. The number of benzene rings is 1. The van der Waals surface area contributed by atoms with Crippen LogP contribution in [0.2, 0.25) is 0 Å². The SMILES string of the molecule is CSc1ncc(CN2CCCN(c3ccccc3C)CC2)cn1. The summed E-state index contributed by atoms with van der Waals surface area (Å²) in [6, 6.07) is 8.68. The van der Waals surface area contributed by atoms with E-state index in [4.69, 9.17) is 0 Å². The Bertz CT molecular complexity index is 629. The molecule has 1 aliphatic rings. The predicted molar refractivity (Wildman–Crippen MR) is 97.1 cm³/mol. The van der Waals surface area contributed by atoms with Crippen LogP contribution in [0, 0.1) is 6.92 Å². The van der Waals surface area contributed by atoms with Crippen LogP contribution >= 0.6 is 11.8 Å². The maximum atomic E-state index is 4.38. The lowest BCUT2D eigenvalue weighted by atomic mass is 10.2. The van der Waals surface area contributed by atoms with Gasteiger partial charge in [-0.2, -0.15) is 0 Å². The van der Waals surface area contributed by atoms with Crippen LogP contribution in [0.3, 0.4) is 0 Å². The first-order chi connectivity index (χ1) is 11.3. The van der Waals surface area contributed by atoms with Gasteiger partial charge in [0.05, 0.1) is 0 Å². The molecule has 1 saturated heterocycles. The van der Waals surface area contributed by atoms with Crippen molar-refractivity contribution in [3.05, 3.63) is 47.8 Å². The minimum atomic E-state index is 0.843. The Hall–Kier alpha value is -1.59. The van der Waals surface area contributed by atoms with Crippen LogP contribution in [0.5, 0.6) is 0 Å². The summed E-state index contributed by atoms with van der Waals surface area (Å²) in [5.41, 5.74) is 3.94. The molecule has 3 rings (SSSR count). The van der Waals surface area contributed by atoms with Gasteiger partial charge in [0.25, 0.3) is 0 Å². The quantitative estimate of drug-likeness (QED) is 0.635. The number of rotatable bonds is 4. The molecule has 5 heteroatoms. The molecule has 4 nitrogen and oxygen atoms in total. The fourth-order valence-electron chi connectivity index (χ4n) is 3.08. The van der Waals surface area contributed by atoms with Crippen molar-refractivity contribution in [2.24, 2.45) is 0 Å². The second kappa shape index (κ2) is 7.79. The molecule has 122 valence electrons. The fourth-order valence-corrected chi connectivity index (χ4v) is 3.39. The van der Waals surface area contributed by atoms with Gasteiger partial charge in [-0.15, -0.1) is 0 Å². The van der Waals surface area contributed by atoms with Gasteiger partial charge in [0.1, 0.15) is 0 Å². The normalized spacial score (nSPS) is 16.3. The molecule has 0 radical (unpaired) electrons. The van der Waals surface area contributed by atoms with Gasteiger partial charge in [0.15, 0.2) is 5.16 Å². The molecule has 0 bridgehead atoms. The fraction of sp³-hybridized carbons (Fsp3) is 0.444. The van der Waals surface area contributed by atoms with E-state index in [0.29, 0.717) is 0 Å². The summed E-state index contributed by atoms with van der Waals surface area (Å²) < 4.78 is 0. The van der Waals surface area contributed by atoms with Gasteiger partial charge in [-0.05, 0) is 31.2 Å². The van der Waals surface area contributed by atoms with Crippen molar-refractivity contribution in [2.45, 2.75) is 25.0 Å². The average Bonchev–Trinajstić information content (AvgIpc) is 2.82. The molecule has 0 spiro atoms. The zero-order valence-corrected chi connectivity index (χ0v) is 14.7. The van der Waals surface area contributed by atoms with Crippen LogP contribution in [-0.2, 0) is 6.54 Å². The Labute approximate surface area is 142 Å². The number of aromatic nitrogens is 2.